The number of methoxy groups -OCH3 is 1. The topological polar surface area (TPSA) is 46.6 Å². The van der Waals surface area contributed by atoms with Gasteiger partial charge in [0, 0.05) is 11.1 Å². The summed E-state index contributed by atoms with van der Waals surface area (Å²) in [7, 11) is 1.58. The molecule has 0 radical (unpaired) electrons. The highest BCUT2D eigenvalue weighted by molar-refractivity contribution is 8.00. The fourth-order valence-electron chi connectivity index (χ4n) is 3.33. The van der Waals surface area contributed by atoms with Gasteiger partial charge < -0.3 is 4.74 Å². The van der Waals surface area contributed by atoms with Gasteiger partial charge in [0.25, 0.3) is 0 Å². The van der Waals surface area contributed by atoms with Gasteiger partial charge in [-0.05, 0) is 42.0 Å². The Balaban J connectivity index is 1.62. The molecule has 0 bridgehead atoms. The van der Waals surface area contributed by atoms with Crippen molar-refractivity contribution in [3.63, 3.8) is 0 Å². The van der Waals surface area contributed by atoms with E-state index in [2.05, 4.69) is 0 Å². The predicted octanol–water partition coefficient (Wildman–Crippen LogP) is 4.84. The van der Waals surface area contributed by atoms with Gasteiger partial charge in [0.05, 0.1) is 18.6 Å². The van der Waals surface area contributed by atoms with Gasteiger partial charge in [0.15, 0.2) is 5.78 Å². The van der Waals surface area contributed by atoms with Crippen LogP contribution in [0.25, 0.3) is 0 Å². The van der Waals surface area contributed by atoms with Gasteiger partial charge in [-0.15, -0.1) is 11.8 Å². The number of ether oxygens (including phenoxy) is 1. The van der Waals surface area contributed by atoms with Gasteiger partial charge >= 0.3 is 0 Å². The van der Waals surface area contributed by atoms with Crippen molar-refractivity contribution in [3.8, 4) is 5.75 Å². The Morgan fingerprint density at radius 1 is 1.00 bits per heavy atom. The number of para-hydroxylation sites is 2. The number of carbonyl (C=O) groups excluding carboxylic acids is 2. The largest absolute Gasteiger partial charge is 0.495 e. The Bertz CT molecular complexity index is 1050. The summed E-state index contributed by atoms with van der Waals surface area (Å²) in [6, 6.07) is 20.1. The third-order valence-electron chi connectivity index (χ3n) is 4.78. The van der Waals surface area contributed by atoms with Crippen molar-refractivity contribution in [3.05, 3.63) is 95.3 Å². The highest BCUT2D eigenvalue weighted by Crippen LogP contribution is 2.44. The zero-order valence-electron chi connectivity index (χ0n) is 15.7. The monoisotopic (exact) mass is 407 g/mol. The van der Waals surface area contributed by atoms with Crippen LogP contribution in [0.3, 0.4) is 0 Å². The minimum Gasteiger partial charge on any atom is -0.495 e. The van der Waals surface area contributed by atoms with Crippen LogP contribution in [0.15, 0.2) is 72.8 Å². The Morgan fingerprint density at radius 3 is 2.28 bits per heavy atom. The number of thioether (sulfide) groups is 1. The summed E-state index contributed by atoms with van der Waals surface area (Å²) in [6.45, 7) is 0. The molecule has 1 aliphatic heterocycles. The summed E-state index contributed by atoms with van der Waals surface area (Å²) in [4.78, 5) is 26.9. The molecule has 29 heavy (non-hydrogen) atoms. The molecule has 146 valence electrons. The maximum atomic E-state index is 13.1. The van der Waals surface area contributed by atoms with E-state index in [1.165, 1.54) is 36.0 Å². The molecule has 1 atom stereocenters. The van der Waals surface area contributed by atoms with Gasteiger partial charge in [0.1, 0.15) is 16.9 Å². The van der Waals surface area contributed by atoms with Crippen LogP contribution < -0.4 is 9.64 Å². The minimum absolute atomic E-state index is 0.0102. The molecule has 1 fully saturated rings. The lowest BCUT2D eigenvalue weighted by atomic mass is 10.0. The minimum atomic E-state index is -0.378. The average Bonchev–Trinajstić information content (AvgIpc) is 3.15. The van der Waals surface area contributed by atoms with E-state index in [1.54, 1.807) is 24.1 Å². The fraction of sp³-hybridized carbons (Fsp3) is 0.130. The Hall–Kier alpha value is -3.12. The summed E-state index contributed by atoms with van der Waals surface area (Å²) in [6.07, 6.45) is 0. The predicted molar refractivity (Wildman–Crippen MR) is 112 cm³/mol. The molecule has 4 rings (SSSR count). The first kappa shape index (κ1) is 19.2. The second-order valence-corrected chi connectivity index (χ2v) is 7.63. The first-order valence-electron chi connectivity index (χ1n) is 9.05. The highest BCUT2D eigenvalue weighted by atomic mass is 32.2. The third-order valence-corrected chi connectivity index (χ3v) is 5.99. The van der Waals surface area contributed by atoms with Crippen molar-refractivity contribution in [1.29, 1.82) is 0 Å². The van der Waals surface area contributed by atoms with Crippen molar-refractivity contribution in [1.82, 2.24) is 0 Å². The number of benzene rings is 3. The van der Waals surface area contributed by atoms with Crippen molar-refractivity contribution >= 4 is 29.1 Å². The van der Waals surface area contributed by atoms with Crippen LogP contribution in [0.1, 0.15) is 26.9 Å². The normalized spacial score (nSPS) is 16.1. The van der Waals surface area contributed by atoms with Gasteiger partial charge in [-0.1, -0.05) is 36.4 Å². The summed E-state index contributed by atoms with van der Waals surface area (Å²) in [5.74, 6) is 0.468. The standard InChI is InChI=1S/C23H18FNO3S/c1-28-20-5-3-2-4-19(20)25-21(26)14-29-23(25)17-8-6-15(7-9-17)22(27)16-10-12-18(24)13-11-16/h2-13,23H,14H2,1H3. The van der Waals surface area contributed by atoms with Crippen LogP contribution in [0.2, 0.25) is 0 Å². The van der Waals surface area contributed by atoms with Crippen LogP contribution in [0.4, 0.5) is 10.1 Å². The highest BCUT2D eigenvalue weighted by Gasteiger charge is 2.35. The number of nitrogens with zero attached hydrogens (tertiary/aromatic N) is 1. The quantitative estimate of drug-likeness (QED) is 0.568. The smallest absolute Gasteiger partial charge is 0.238 e. The molecule has 1 aliphatic rings. The van der Waals surface area contributed by atoms with E-state index in [0.717, 1.165) is 11.3 Å². The molecule has 1 heterocycles. The molecule has 1 unspecified atom stereocenters. The van der Waals surface area contributed by atoms with E-state index >= 15 is 0 Å². The first-order valence-corrected chi connectivity index (χ1v) is 10.1. The molecular weight excluding hydrogens is 389 g/mol. The number of rotatable bonds is 5. The van der Waals surface area contributed by atoms with E-state index in [9.17, 15) is 14.0 Å². The summed E-state index contributed by atoms with van der Waals surface area (Å²) in [5.41, 5.74) is 2.59. The summed E-state index contributed by atoms with van der Waals surface area (Å²) >= 11 is 1.53. The lowest BCUT2D eigenvalue weighted by molar-refractivity contribution is -0.115. The Kier molecular flexibility index (Phi) is 5.36. The summed E-state index contributed by atoms with van der Waals surface area (Å²) in [5, 5.41) is -0.200. The molecule has 0 saturated carbocycles. The Labute approximate surface area is 172 Å². The van der Waals surface area contributed by atoms with E-state index < -0.39 is 0 Å². The van der Waals surface area contributed by atoms with Gasteiger partial charge in [0.2, 0.25) is 5.91 Å². The molecule has 3 aromatic rings. The zero-order valence-corrected chi connectivity index (χ0v) is 16.5. The summed E-state index contributed by atoms with van der Waals surface area (Å²) < 4.78 is 18.5. The number of anilines is 1. The number of ketones is 1. The molecule has 0 aromatic heterocycles. The molecule has 0 spiro atoms. The van der Waals surface area contributed by atoms with Crippen molar-refractivity contribution in [2.75, 3.05) is 17.8 Å². The number of halogens is 1. The van der Waals surface area contributed by atoms with Crippen LogP contribution >= 0.6 is 11.8 Å². The number of amides is 1. The molecule has 1 saturated heterocycles. The second kappa shape index (κ2) is 8.09. The molecular formula is C23H18FNO3S. The molecule has 4 nitrogen and oxygen atoms in total. The van der Waals surface area contributed by atoms with E-state index in [0.29, 0.717) is 22.6 Å². The van der Waals surface area contributed by atoms with Crippen LogP contribution in [0.5, 0.6) is 5.75 Å². The van der Waals surface area contributed by atoms with Crippen LogP contribution in [-0.4, -0.2) is 24.6 Å². The molecule has 0 aliphatic carbocycles. The van der Waals surface area contributed by atoms with E-state index in [4.69, 9.17) is 4.74 Å². The molecule has 1 amide bonds. The van der Waals surface area contributed by atoms with E-state index in [1.807, 2.05) is 36.4 Å². The van der Waals surface area contributed by atoms with Crippen LogP contribution in [-0.2, 0) is 4.79 Å². The fourth-order valence-corrected chi connectivity index (χ4v) is 4.50. The number of carbonyl (C=O) groups is 2. The SMILES string of the molecule is COc1ccccc1N1C(=O)CSC1c1ccc(C(=O)c2ccc(F)cc2)cc1. The lowest BCUT2D eigenvalue weighted by Crippen LogP contribution is -2.28. The maximum absolute atomic E-state index is 13.1. The van der Waals surface area contributed by atoms with Gasteiger partial charge in [-0.25, -0.2) is 4.39 Å². The molecule has 6 heteroatoms. The van der Waals surface area contributed by atoms with Crippen molar-refractivity contribution < 1.29 is 18.7 Å². The van der Waals surface area contributed by atoms with Crippen molar-refractivity contribution in [2.24, 2.45) is 0 Å². The van der Waals surface area contributed by atoms with Crippen LogP contribution in [0, 0.1) is 5.82 Å². The average molecular weight is 407 g/mol. The second-order valence-electron chi connectivity index (χ2n) is 6.56. The molecule has 0 N–H and O–H groups in total. The Morgan fingerprint density at radius 2 is 1.62 bits per heavy atom. The first-order chi connectivity index (χ1) is 14.1. The number of hydrogen-bond donors (Lipinski definition) is 0. The number of hydrogen-bond acceptors (Lipinski definition) is 4. The maximum Gasteiger partial charge on any atom is 0.238 e. The van der Waals surface area contributed by atoms with E-state index in [-0.39, 0.29) is 22.9 Å². The van der Waals surface area contributed by atoms with Gasteiger partial charge in [-0.3, -0.25) is 14.5 Å². The van der Waals surface area contributed by atoms with Crippen molar-refractivity contribution in [2.45, 2.75) is 5.37 Å². The molecule has 3 aromatic carbocycles. The zero-order chi connectivity index (χ0) is 20.4. The van der Waals surface area contributed by atoms with Gasteiger partial charge in [-0.2, -0.15) is 0 Å². The lowest BCUT2D eigenvalue weighted by Gasteiger charge is -2.26. The third kappa shape index (κ3) is 3.76.